The van der Waals surface area contributed by atoms with Gasteiger partial charge in [0.15, 0.2) is 5.03 Å². The number of rotatable bonds is 9. The third kappa shape index (κ3) is 3.84. The minimum Gasteiger partial charge on any atom is -0.313 e. The molecule has 0 aliphatic heterocycles. The van der Waals surface area contributed by atoms with Gasteiger partial charge in [-0.1, -0.05) is 20.3 Å². The standard InChI is InChI=1S/C14H26N4O2S/c1-3-8-15-9-12-10-16-18-13(12)21(19,20)17-11-14(4-2)6-5-7-14/h10,15,17H,3-9,11H2,1-2H3,(H,16,18). The van der Waals surface area contributed by atoms with Crippen molar-refractivity contribution >= 4 is 10.0 Å². The minimum atomic E-state index is -3.51. The van der Waals surface area contributed by atoms with E-state index in [9.17, 15) is 8.42 Å². The molecule has 0 spiro atoms. The summed E-state index contributed by atoms with van der Waals surface area (Å²) >= 11 is 0. The first-order valence-electron chi connectivity index (χ1n) is 7.75. The van der Waals surface area contributed by atoms with Gasteiger partial charge >= 0.3 is 0 Å². The van der Waals surface area contributed by atoms with Crippen molar-refractivity contribution in [2.75, 3.05) is 13.1 Å². The molecule has 21 heavy (non-hydrogen) atoms. The molecule has 0 bridgehead atoms. The zero-order chi connectivity index (χ0) is 15.3. The van der Waals surface area contributed by atoms with Gasteiger partial charge in [-0.25, -0.2) is 13.1 Å². The molecule has 0 radical (unpaired) electrons. The quantitative estimate of drug-likeness (QED) is 0.606. The maximum Gasteiger partial charge on any atom is 0.257 e. The van der Waals surface area contributed by atoms with Gasteiger partial charge in [0, 0.05) is 18.7 Å². The number of nitrogens with one attached hydrogen (secondary N) is 3. The summed E-state index contributed by atoms with van der Waals surface area (Å²) < 4.78 is 27.6. The number of nitrogens with zero attached hydrogens (tertiary/aromatic N) is 1. The van der Waals surface area contributed by atoms with Crippen LogP contribution in [0.2, 0.25) is 0 Å². The number of hydrogen-bond acceptors (Lipinski definition) is 4. The van der Waals surface area contributed by atoms with E-state index in [-0.39, 0.29) is 10.4 Å². The Balaban J connectivity index is 2.00. The van der Waals surface area contributed by atoms with Gasteiger partial charge < -0.3 is 5.32 Å². The highest BCUT2D eigenvalue weighted by atomic mass is 32.2. The van der Waals surface area contributed by atoms with Gasteiger partial charge in [0.25, 0.3) is 10.0 Å². The Kier molecular flexibility index (Phi) is 5.40. The van der Waals surface area contributed by atoms with Crippen LogP contribution in [0.4, 0.5) is 0 Å². The summed E-state index contributed by atoms with van der Waals surface area (Å²) in [6.45, 7) is 6.09. The lowest BCUT2D eigenvalue weighted by Crippen LogP contribution is -2.42. The molecular weight excluding hydrogens is 288 g/mol. The summed E-state index contributed by atoms with van der Waals surface area (Å²) in [6.07, 6.45) is 7.03. The fourth-order valence-corrected chi connectivity index (χ4v) is 3.99. The van der Waals surface area contributed by atoms with Gasteiger partial charge in [-0.15, -0.1) is 0 Å². The van der Waals surface area contributed by atoms with Crippen LogP contribution in [0.3, 0.4) is 0 Å². The summed E-state index contributed by atoms with van der Waals surface area (Å²) in [5.74, 6) is 0. The Hall–Kier alpha value is -0.920. The van der Waals surface area contributed by atoms with Crippen molar-refractivity contribution in [3.05, 3.63) is 11.8 Å². The molecule has 120 valence electrons. The second-order valence-electron chi connectivity index (χ2n) is 5.93. The average Bonchev–Trinajstić information content (AvgIpc) is 2.87. The molecule has 1 saturated carbocycles. The van der Waals surface area contributed by atoms with Crippen molar-refractivity contribution in [1.82, 2.24) is 20.2 Å². The smallest absolute Gasteiger partial charge is 0.257 e. The molecule has 1 aromatic heterocycles. The summed E-state index contributed by atoms with van der Waals surface area (Å²) in [6, 6.07) is 0. The SMILES string of the molecule is CCCNCc1cn[nH]c1S(=O)(=O)NCC1(CC)CCC1. The van der Waals surface area contributed by atoms with Crippen LogP contribution in [-0.2, 0) is 16.6 Å². The van der Waals surface area contributed by atoms with Crippen molar-refractivity contribution in [2.45, 2.75) is 57.5 Å². The summed E-state index contributed by atoms with van der Waals surface area (Å²) in [5, 5.41) is 9.90. The molecule has 1 heterocycles. The van der Waals surface area contributed by atoms with E-state index in [0.717, 1.165) is 32.2 Å². The summed E-state index contributed by atoms with van der Waals surface area (Å²) in [5.41, 5.74) is 0.850. The van der Waals surface area contributed by atoms with Gasteiger partial charge in [0.2, 0.25) is 0 Å². The Morgan fingerprint density at radius 3 is 2.71 bits per heavy atom. The van der Waals surface area contributed by atoms with Crippen LogP contribution in [0.1, 0.15) is 51.5 Å². The highest BCUT2D eigenvalue weighted by molar-refractivity contribution is 7.89. The van der Waals surface area contributed by atoms with E-state index in [2.05, 4.69) is 34.1 Å². The summed E-state index contributed by atoms with van der Waals surface area (Å²) in [7, 11) is -3.51. The van der Waals surface area contributed by atoms with Crippen LogP contribution in [-0.4, -0.2) is 31.7 Å². The third-order valence-corrected chi connectivity index (χ3v) is 5.91. The van der Waals surface area contributed by atoms with Crippen LogP contribution in [0.5, 0.6) is 0 Å². The van der Waals surface area contributed by atoms with Crippen LogP contribution in [0, 0.1) is 5.41 Å². The van der Waals surface area contributed by atoms with Gasteiger partial charge in [0.05, 0.1) is 6.20 Å². The third-order valence-electron chi connectivity index (χ3n) is 4.49. The molecule has 1 aliphatic carbocycles. The number of sulfonamides is 1. The Bertz CT molecular complexity index is 544. The molecule has 0 saturated heterocycles. The predicted molar refractivity (Wildman–Crippen MR) is 82.3 cm³/mol. The fraction of sp³-hybridized carbons (Fsp3) is 0.786. The number of aromatic nitrogens is 2. The zero-order valence-corrected chi connectivity index (χ0v) is 13.7. The number of H-pyrrole nitrogens is 1. The summed E-state index contributed by atoms with van der Waals surface area (Å²) in [4.78, 5) is 0. The first-order valence-corrected chi connectivity index (χ1v) is 9.24. The molecule has 0 atom stereocenters. The average molecular weight is 314 g/mol. The van der Waals surface area contributed by atoms with Gasteiger partial charge in [-0.3, -0.25) is 5.10 Å². The van der Waals surface area contributed by atoms with Gasteiger partial charge in [-0.05, 0) is 37.6 Å². The lowest BCUT2D eigenvalue weighted by atomic mass is 9.67. The van der Waals surface area contributed by atoms with Crippen LogP contribution >= 0.6 is 0 Å². The highest BCUT2D eigenvalue weighted by Gasteiger charge is 2.36. The van der Waals surface area contributed by atoms with Crippen molar-refractivity contribution in [3.8, 4) is 0 Å². The lowest BCUT2D eigenvalue weighted by Gasteiger charge is -2.41. The monoisotopic (exact) mass is 314 g/mol. The van der Waals surface area contributed by atoms with E-state index in [0.29, 0.717) is 18.7 Å². The highest BCUT2D eigenvalue weighted by Crippen LogP contribution is 2.43. The maximum atomic E-state index is 12.4. The van der Waals surface area contributed by atoms with E-state index in [1.807, 2.05) is 0 Å². The molecule has 1 aromatic rings. The lowest BCUT2D eigenvalue weighted by molar-refractivity contribution is 0.133. The van der Waals surface area contributed by atoms with Crippen LogP contribution in [0.25, 0.3) is 0 Å². The molecule has 1 aliphatic rings. The molecule has 7 heteroatoms. The Morgan fingerprint density at radius 2 is 2.14 bits per heavy atom. The van der Waals surface area contributed by atoms with Crippen molar-refractivity contribution in [2.24, 2.45) is 5.41 Å². The fourth-order valence-electron chi connectivity index (χ4n) is 2.71. The molecule has 1 fully saturated rings. The minimum absolute atomic E-state index is 0.160. The van der Waals surface area contributed by atoms with Gasteiger partial charge in [-0.2, -0.15) is 5.10 Å². The number of aromatic amines is 1. The largest absolute Gasteiger partial charge is 0.313 e. The van der Waals surface area contributed by atoms with Gasteiger partial charge in [0.1, 0.15) is 0 Å². The normalized spacial score (nSPS) is 17.6. The van der Waals surface area contributed by atoms with Crippen molar-refractivity contribution in [3.63, 3.8) is 0 Å². The molecule has 0 aromatic carbocycles. The molecule has 3 N–H and O–H groups in total. The second kappa shape index (κ2) is 6.89. The van der Waals surface area contributed by atoms with Crippen LogP contribution in [0.15, 0.2) is 11.2 Å². The molecular formula is C14H26N4O2S. The number of hydrogen-bond donors (Lipinski definition) is 3. The molecule has 0 amide bonds. The van der Waals surface area contributed by atoms with E-state index in [1.54, 1.807) is 6.20 Å². The Morgan fingerprint density at radius 1 is 1.38 bits per heavy atom. The molecule has 2 rings (SSSR count). The second-order valence-corrected chi connectivity index (χ2v) is 7.64. The van der Waals surface area contributed by atoms with Crippen LogP contribution < -0.4 is 10.0 Å². The van der Waals surface area contributed by atoms with E-state index < -0.39 is 10.0 Å². The van der Waals surface area contributed by atoms with Crippen molar-refractivity contribution in [1.29, 1.82) is 0 Å². The Labute approximate surface area is 127 Å². The molecule has 6 nitrogen and oxygen atoms in total. The van der Waals surface area contributed by atoms with E-state index in [4.69, 9.17) is 0 Å². The molecule has 0 unspecified atom stereocenters. The topological polar surface area (TPSA) is 86.9 Å². The van der Waals surface area contributed by atoms with Crippen molar-refractivity contribution < 1.29 is 8.42 Å². The first kappa shape index (κ1) is 16.5. The maximum absolute atomic E-state index is 12.4. The zero-order valence-electron chi connectivity index (χ0n) is 12.9. The first-order chi connectivity index (χ1) is 10.0. The predicted octanol–water partition coefficient (Wildman–Crippen LogP) is 1.77. The van der Waals surface area contributed by atoms with E-state index in [1.165, 1.54) is 6.42 Å². The van der Waals surface area contributed by atoms with E-state index >= 15 is 0 Å².